The van der Waals surface area contributed by atoms with Gasteiger partial charge in [0.2, 0.25) is 11.7 Å². The number of carbonyl (C=O) groups is 1. The summed E-state index contributed by atoms with van der Waals surface area (Å²) >= 11 is 6.14. The second-order valence-corrected chi connectivity index (χ2v) is 6.93. The Morgan fingerprint density at radius 2 is 1.97 bits per heavy atom. The molecule has 3 rings (SSSR count). The van der Waals surface area contributed by atoms with Crippen molar-refractivity contribution in [2.45, 2.75) is 20.3 Å². The zero-order valence-electron chi connectivity index (χ0n) is 17.1. The predicted octanol–water partition coefficient (Wildman–Crippen LogP) is 5.70. The van der Waals surface area contributed by atoms with Gasteiger partial charge in [0, 0.05) is 11.8 Å². The zero-order chi connectivity index (χ0) is 22.5. The largest absolute Gasteiger partial charge is 0.481 e. The molecular weight excluding hydrogens is 421 g/mol. The highest BCUT2D eigenvalue weighted by Crippen LogP contribution is 2.31. The van der Waals surface area contributed by atoms with Gasteiger partial charge in [-0.15, -0.1) is 0 Å². The summed E-state index contributed by atoms with van der Waals surface area (Å²) in [6.07, 6.45) is 0.557. The highest BCUT2D eigenvalue weighted by atomic mass is 35.5. The molecule has 1 amide bonds. The lowest BCUT2D eigenvalue weighted by Gasteiger charge is -2.13. The molecule has 0 aliphatic carbocycles. The summed E-state index contributed by atoms with van der Waals surface area (Å²) in [4.78, 5) is 24.8. The van der Waals surface area contributed by atoms with Crippen molar-refractivity contribution in [3.63, 3.8) is 0 Å². The van der Waals surface area contributed by atoms with E-state index in [1.54, 1.807) is 25.1 Å². The van der Waals surface area contributed by atoms with Crippen molar-refractivity contribution in [3.05, 3.63) is 75.5 Å². The number of carbonyl (C=O) groups excluding carboxylic acids is 1. The molecule has 2 N–H and O–H groups in total. The minimum atomic E-state index is -0.497. The van der Waals surface area contributed by atoms with Crippen molar-refractivity contribution >= 4 is 40.5 Å². The number of anilines is 3. The Balaban J connectivity index is 2.01. The lowest BCUT2D eigenvalue weighted by Crippen LogP contribution is -2.16. The normalized spacial score (nSPS) is 10.3. The zero-order valence-corrected chi connectivity index (χ0v) is 17.8. The number of ether oxygens (including phenoxy) is 1. The van der Waals surface area contributed by atoms with Crippen molar-refractivity contribution < 1.29 is 13.9 Å². The average Bonchev–Trinajstić information content (AvgIpc) is 2.76. The fraction of sp³-hybridized carbons (Fsp3) is 0.182. The van der Waals surface area contributed by atoms with E-state index >= 15 is 0 Å². The average molecular weight is 440 g/mol. The van der Waals surface area contributed by atoms with Crippen LogP contribution in [0.3, 0.4) is 0 Å². The van der Waals surface area contributed by atoms with Crippen LogP contribution in [0, 0.1) is 19.3 Å². The fourth-order valence-electron chi connectivity index (χ4n) is 2.90. The second-order valence-electron chi connectivity index (χ2n) is 6.52. The third-order valence-corrected chi connectivity index (χ3v) is 4.81. The molecule has 0 unspecified atom stereocenters. The van der Waals surface area contributed by atoms with Crippen LogP contribution in [0.1, 0.15) is 28.5 Å². The summed E-state index contributed by atoms with van der Waals surface area (Å²) in [5.41, 5.74) is 2.44. The first kappa shape index (κ1) is 22.0. The number of pyridine rings is 2. The molecule has 0 aliphatic heterocycles. The summed E-state index contributed by atoms with van der Waals surface area (Å²) in [7, 11) is 1.50. The molecule has 31 heavy (non-hydrogen) atoms. The molecule has 2 aromatic heterocycles. The van der Waals surface area contributed by atoms with E-state index in [1.165, 1.54) is 25.3 Å². The highest BCUT2D eigenvalue weighted by molar-refractivity contribution is 6.33. The van der Waals surface area contributed by atoms with E-state index < -0.39 is 5.91 Å². The van der Waals surface area contributed by atoms with E-state index in [1.807, 2.05) is 6.92 Å². The first-order chi connectivity index (χ1) is 14.9. The third kappa shape index (κ3) is 4.90. The van der Waals surface area contributed by atoms with E-state index in [2.05, 4.69) is 25.4 Å². The Kier molecular flexibility index (Phi) is 6.68. The quantitative estimate of drug-likeness (QED) is 0.482. The maximum Gasteiger partial charge on any atom is 0.290 e. The molecule has 7 nitrogen and oxygen atoms in total. The maximum absolute atomic E-state index is 13.6. The summed E-state index contributed by atoms with van der Waals surface area (Å²) in [6.45, 7) is 10.9. The maximum atomic E-state index is 13.6. The van der Waals surface area contributed by atoms with Gasteiger partial charge in [-0.2, -0.15) is 0 Å². The Bertz CT molecular complexity index is 1190. The van der Waals surface area contributed by atoms with Crippen molar-refractivity contribution in [1.82, 2.24) is 9.97 Å². The van der Waals surface area contributed by atoms with Crippen LogP contribution >= 0.6 is 11.6 Å². The molecule has 158 valence electrons. The molecule has 0 bridgehead atoms. The molecule has 0 saturated heterocycles. The molecule has 3 aromatic rings. The van der Waals surface area contributed by atoms with Gasteiger partial charge in [0.25, 0.3) is 11.7 Å². The molecule has 9 heteroatoms. The Labute approximate surface area is 184 Å². The Morgan fingerprint density at radius 3 is 2.61 bits per heavy atom. The predicted molar refractivity (Wildman–Crippen MR) is 118 cm³/mol. The number of methoxy groups -OCH3 is 1. The summed E-state index contributed by atoms with van der Waals surface area (Å²) in [5.74, 6) is -0.360. The molecule has 2 heterocycles. The van der Waals surface area contributed by atoms with Crippen LogP contribution in [0.5, 0.6) is 5.88 Å². The van der Waals surface area contributed by atoms with Gasteiger partial charge < -0.3 is 20.2 Å². The van der Waals surface area contributed by atoms with Crippen LogP contribution in [-0.2, 0) is 6.42 Å². The molecule has 0 aliphatic rings. The SMILES string of the molecule is [C-]#[N+]c1nc(Nc2ccc(F)cc2CC)c(C(=O)Nc2ccc(OC)nc2C)cc1Cl. The van der Waals surface area contributed by atoms with Gasteiger partial charge in [0.05, 0.1) is 23.5 Å². The highest BCUT2D eigenvalue weighted by Gasteiger charge is 2.21. The summed E-state index contributed by atoms with van der Waals surface area (Å²) in [5, 5.41) is 5.86. The molecule has 0 saturated carbocycles. The van der Waals surface area contributed by atoms with Gasteiger partial charge in [-0.3, -0.25) is 4.79 Å². The monoisotopic (exact) mass is 439 g/mol. The van der Waals surface area contributed by atoms with E-state index in [9.17, 15) is 9.18 Å². The molecule has 0 spiro atoms. The standard InChI is InChI=1S/C22H19ClFN5O2/c1-5-13-10-14(24)6-7-18(13)27-20-15(11-16(23)21(25-3)29-20)22(30)28-17-8-9-19(31-4)26-12(17)2/h6-11H,5H2,1-2,4H3,(H,27,29)(H,28,30). The number of halogens is 2. The molecule has 0 fully saturated rings. The number of nitrogens with zero attached hydrogens (tertiary/aromatic N) is 3. The molecule has 1 aromatic carbocycles. The van der Waals surface area contributed by atoms with Crippen molar-refractivity contribution in [3.8, 4) is 5.88 Å². The van der Waals surface area contributed by atoms with E-state index in [0.717, 1.165) is 0 Å². The molecule has 0 radical (unpaired) electrons. The van der Waals surface area contributed by atoms with Gasteiger partial charge in [0.1, 0.15) is 11.4 Å². The topological polar surface area (TPSA) is 80.5 Å². The lowest BCUT2D eigenvalue weighted by molar-refractivity contribution is 0.102. The number of benzene rings is 1. The molecular formula is C22H19ClFN5O2. The van der Waals surface area contributed by atoms with Gasteiger partial charge in [0.15, 0.2) is 0 Å². The van der Waals surface area contributed by atoms with Crippen molar-refractivity contribution in [1.29, 1.82) is 0 Å². The van der Waals surface area contributed by atoms with Crippen LogP contribution in [0.15, 0.2) is 36.4 Å². The van der Waals surface area contributed by atoms with Gasteiger partial charge in [-0.05, 0) is 49.2 Å². The minimum Gasteiger partial charge on any atom is -0.481 e. The van der Waals surface area contributed by atoms with Gasteiger partial charge in [-0.1, -0.05) is 30.1 Å². The second kappa shape index (κ2) is 9.41. The van der Waals surface area contributed by atoms with Crippen molar-refractivity contribution in [2.75, 3.05) is 17.7 Å². The van der Waals surface area contributed by atoms with E-state index in [4.69, 9.17) is 22.9 Å². The number of nitrogens with one attached hydrogen (secondary N) is 2. The van der Waals surface area contributed by atoms with Crippen LogP contribution in [0.2, 0.25) is 5.02 Å². The third-order valence-electron chi connectivity index (χ3n) is 4.53. The van der Waals surface area contributed by atoms with Crippen LogP contribution in [0.25, 0.3) is 4.85 Å². The first-order valence-electron chi connectivity index (χ1n) is 9.32. The first-order valence-corrected chi connectivity index (χ1v) is 9.70. The Morgan fingerprint density at radius 1 is 1.23 bits per heavy atom. The van der Waals surface area contributed by atoms with Crippen LogP contribution < -0.4 is 15.4 Å². The number of amides is 1. The summed E-state index contributed by atoms with van der Waals surface area (Å²) in [6, 6.07) is 8.94. The van der Waals surface area contributed by atoms with Gasteiger partial charge >= 0.3 is 0 Å². The number of aromatic nitrogens is 2. The minimum absolute atomic E-state index is 0.0464. The van der Waals surface area contributed by atoms with Crippen molar-refractivity contribution in [2.24, 2.45) is 0 Å². The van der Waals surface area contributed by atoms with Crippen LogP contribution in [-0.4, -0.2) is 23.0 Å². The Hall–Kier alpha value is -3.70. The van der Waals surface area contributed by atoms with Gasteiger partial charge in [-0.25, -0.2) is 9.37 Å². The lowest BCUT2D eigenvalue weighted by atomic mass is 10.1. The molecule has 0 atom stereocenters. The number of hydrogen-bond acceptors (Lipinski definition) is 5. The fourth-order valence-corrected chi connectivity index (χ4v) is 3.10. The number of rotatable bonds is 6. The van der Waals surface area contributed by atoms with E-state index in [-0.39, 0.29) is 28.0 Å². The smallest absolute Gasteiger partial charge is 0.290 e. The van der Waals surface area contributed by atoms with Crippen LogP contribution in [0.4, 0.5) is 27.4 Å². The number of hydrogen-bond donors (Lipinski definition) is 2. The summed E-state index contributed by atoms with van der Waals surface area (Å²) < 4.78 is 18.7. The number of aryl methyl sites for hydroxylation is 2. The van der Waals surface area contributed by atoms with E-state index in [0.29, 0.717) is 34.9 Å².